The van der Waals surface area contributed by atoms with Gasteiger partial charge in [0.15, 0.2) is 0 Å². The predicted molar refractivity (Wildman–Crippen MR) is 104 cm³/mol. The van der Waals surface area contributed by atoms with Gasteiger partial charge in [-0.25, -0.2) is 4.79 Å². The minimum Gasteiger partial charge on any atom is -0.493 e. The zero-order chi connectivity index (χ0) is 19.4. The van der Waals surface area contributed by atoms with Gasteiger partial charge in [-0.3, -0.25) is 9.79 Å². The maximum atomic E-state index is 12.9. The largest absolute Gasteiger partial charge is 0.493 e. The van der Waals surface area contributed by atoms with Gasteiger partial charge >= 0.3 is 5.97 Å². The van der Waals surface area contributed by atoms with Crippen LogP contribution in [-0.2, 0) is 14.3 Å². The molecule has 1 aliphatic heterocycles. The molecular formula is C22H27NO4. The molecule has 1 aromatic rings. The Morgan fingerprint density at radius 2 is 1.96 bits per heavy atom. The second kappa shape index (κ2) is 8.51. The monoisotopic (exact) mass is 369 g/mol. The molecule has 0 saturated heterocycles. The number of hydrogen-bond acceptors (Lipinski definition) is 5. The third kappa shape index (κ3) is 3.82. The number of esters is 1. The summed E-state index contributed by atoms with van der Waals surface area (Å²) in [6.07, 6.45) is 3.01. The van der Waals surface area contributed by atoms with Crippen molar-refractivity contribution < 1.29 is 19.1 Å². The molecule has 144 valence electrons. The number of Topliss-reactive ketones (excluding diaryl/α,β-unsaturated/α-hetero) is 1. The molecule has 1 aromatic carbocycles. The molecule has 5 nitrogen and oxygen atoms in total. The van der Waals surface area contributed by atoms with Crippen LogP contribution in [0.3, 0.4) is 0 Å². The SMILES string of the molecule is CCCOc1ccccc1[C@@H]1C(C(=O)OCC)=C(C)N=C2CCCC(=O)C21. The van der Waals surface area contributed by atoms with Crippen molar-refractivity contribution in [2.24, 2.45) is 10.9 Å². The zero-order valence-corrected chi connectivity index (χ0v) is 16.3. The van der Waals surface area contributed by atoms with E-state index in [1.54, 1.807) is 6.92 Å². The fourth-order valence-electron chi connectivity index (χ4n) is 4.01. The van der Waals surface area contributed by atoms with Crippen molar-refractivity contribution in [2.75, 3.05) is 13.2 Å². The molecule has 1 fully saturated rings. The van der Waals surface area contributed by atoms with Crippen molar-refractivity contribution >= 4 is 17.5 Å². The third-order valence-electron chi connectivity index (χ3n) is 5.12. The van der Waals surface area contributed by atoms with E-state index in [1.807, 2.05) is 38.1 Å². The number of benzene rings is 1. The van der Waals surface area contributed by atoms with Gasteiger partial charge in [0.05, 0.1) is 24.7 Å². The summed E-state index contributed by atoms with van der Waals surface area (Å²) in [4.78, 5) is 30.3. The summed E-state index contributed by atoms with van der Waals surface area (Å²) in [6.45, 7) is 6.53. The van der Waals surface area contributed by atoms with Crippen molar-refractivity contribution in [3.05, 3.63) is 41.1 Å². The minimum absolute atomic E-state index is 0.143. The summed E-state index contributed by atoms with van der Waals surface area (Å²) in [5.74, 6) is -0.347. The molecule has 0 amide bonds. The van der Waals surface area contributed by atoms with Crippen molar-refractivity contribution in [1.82, 2.24) is 0 Å². The number of rotatable bonds is 6. The Morgan fingerprint density at radius 3 is 2.70 bits per heavy atom. The van der Waals surface area contributed by atoms with Gasteiger partial charge in [-0.05, 0) is 39.2 Å². The molecule has 1 aliphatic carbocycles. The molecule has 27 heavy (non-hydrogen) atoms. The normalized spacial score (nSPS) is 22.2. The van der Waals surface area contributed by atoms with E-state index in [4.69, 9.17) is 9.47 Å². The first-order valence-electron chi connectivity index (χ1n) is 9.78. The van der Waals surface area contributed by atoms with Crippen LogP contribution in [0.25, 0.3) is 0 Å². The number of hydrogen-bond donors (Lipinski definition) is 0. The van der Waals surface area contributed by atoms with Crippen LogP contribution in [-0.4, -0.2) is 30.7 Å². The van der Waals surface area contributed by atoms with E-state index in [0.717, 1.165) is 36.3 Å². The molecule has 1 heterocycles. The van der Waals surface area contributed by atoms with E-state index in [9.17, 15) is 9.59 Å². The molecule has 2 aliphatic rings. The smallest absolute Gasteiger partial charge is 0.336 e. The number of fused-ring (bicyclic) bond motifs is 1. The predicted octanol–water partition coefficient (Wildman–Crippen LogP) is 4.22. The van der Waals surface area contributed by atoms with E-state index in [2.05, 4.69) is 4.99 Å². The molecule has 0 radical (unpaired) electrons. The number of nitrogens with zero attached hydrogens (tertiary/aromatic N) is 1. The number of carbonyl (C=O) groups excluding carboxylic acids is 2. The lowest BCUT2D eigenvalue weighted by molar-refractivity contribution is -0.139. The molecule has 2 atom stereocenters. The molecule has 0 bridgehead atoms. The van der Waals surface area contributed by atoms with Gasteiger partial charge in [-0.15, -0.1) is 0 Å². The van der Waals surface area contributed by atoms with E-state index >= 15 is 0 Å². The lowest BCUT2D eigenvalue weighted by Crippen LogP contribution is -2.39. The van der Waals surface area contributed by atoms with E-state index in [-0.39, 0.29) is 12.4 Å². The highest BCUT2D eigenvalue weighted by molar-refractivity contribution is 6.11. The quantitative estimate of drug-likeness (QED) is 0.704. The summed E-state index contributed by atoms with van der Waals surface area (Å²) in [5.41, 5.74) is 2.87. The molecular weight excluding hydrogens is 342 g/mol. The number of allylic oxidation sites excluding steroid dienone is 1. The Balaban J connectivity index is 2.15. The number of ether oxygens (including phenoxy) is 2. The molecule has 1 saturated carbocycles. The van der Waals surface area contributed by atoms with Gasteiger partial charge in [0.25, 0.3) is 0 Å². The minimum atomic E-state index is -0.409. The Morgan fingerprint density at radius 1 is 1.19 bits per heavy atom. The standard InChI is InChI=1S/C22H27NO4/c1-4-13-27-18-12-7-6-9-15(18)20-19(22(25)26-5-2)14(3)23-16-10-8-11-17(24)21(16)20/h6-7,9,12,20-21H,4-5,8,10-11,13H2,1-3H3/t20-,21?/m1/s1. The Labute approximate surface area is 160 Å². The number of para-hydroxylation sites is 1. The zero-order valence-electron chi connectivity index (χ0n) is 16.3. The summed E-state index contributed by atoms with van der Waals surface area (Å²) >= 11 is 0. The number of aliphatic imine (C=N–C) groups is 1. The second-order valence-corrected chi connectivity index (χ2v) is 6.98. The van der Waals surface area contributed by atoms with Crippen molar-refractivity contribution in [3.8, 4) is 5.75 Å². The van der Waals surface area contributed by atoms with Crippen LogP contribution in [0.15, 0.2) is 40.5 Å². The van der Waals surface area contributed by atoms with Crippen LogP contribution in [0.5, 0.6) is 5.75 Å². The van der Waals surface area contributed by atoms with Gasteiger partial charge < -0.3 is 9.47 Å². The van der Waals surface area contributed by atoms with Gasteiger partial charge in [0.2, 0.25) is 0 Å². The van der Waals surface area contributed by atoms with Crippen LogP contribution >= 0.6 is 0 Å². The van der Waals surface area contributed by atoms with Crippen LogP contribution in [0.4, 0.5) is 0 Å². The molecule has 0 aromatic heterocycles. The maximum absolute atomic E-state index is 12.9. The summed E-state index contributed by atoms with van der Waals surface area (Å²) in [6, 6.07) is 7.69. The first kappa shape index (κ1) is 19.3. The van der Waals surface area contributed by atoms with Gasteiger partial charge in [0.1, 0.15) is 11.5 Å². The van der Waals surface area contributed by atoms with Gasteiger partial charge in [0, 0.05) is 29.3 Å². The highest BCUT2D eigenvalue weighted by atomic mass is 16.5. The summed E-state index contributed by atoms with van der Waals surface area (Å²) < 4.78 is 11.3. The highest BCUT2D eigenvalue weighted by Gasteiger charge is 2.44. The number of ketones is 1. The van der Waals surface area contributed by atoms with E-state index in [0.29, 0.717) is 24.3 Å². The second-order valence-electron chi connectivity index (χ2n) is 6.98. The number of carbonyl (C=O) groups is 2. The molecule has 1 unspecified atom stereocenters. The summed E-state index contributed by atoms with van der Waals surface area (Å²) in [7, 11) is 0. The highest BCUT2D eigenvalue weighted by Crippen LogP contribution is 2.45. The van der Waals surface area contributed by atoms with Crippen LogP contribution in [0, 0.1) is 5.92 Å². The molecule has 3 rings (SSSR count). The maximum Gasteiger partial charge on any atom is 0.336 e. The van der Waals surface area contributed by atoms with Gasteiger partial charge in [-0.1, -0.05) is 25.1 Å². The van der Waals surface area contributed by atoms with Gasteiger partial charge in [-0.2, -0.15) is 0 Å². The lowest BCUT2D eigenvalue weighted by Gasteiger charge is -2.36. The summed E-state index contributed by atoms with van der Waals surface area (Å²) in [5, 5.41) is 0. The van der Waals surface area contributed by atoms with Crippen molar-refractivity contribution in [2.45, 2.75) is 52.4 Å². The molecule has 5 heteroatoms. The van der Waals surface area contributed by atoms with E-state index in [1.165, 1.54) is 0 Å². The first-order valence-corrected chi connectivity index (χ1v) is 9.78. The topological polar surface area (TPSA) is 65.0 Å². The molecule has 0 N–H and O–H groups in total. The Kier molecular flexibility index (Phi) is 6.09. The van der Waals surface area contributed by atoms with Crippen molar-refractivity contribution in [1.29, 1.82) is 0 Å². The average Bonchev–Trinajstić information content (AvgIpc) is 2.66. The van der Waals surface area contributed by atoms with Crippen LogP contribution in [0.1, 0.15) is 57.9 Å². The average molecular weight is 369 g/mol. The first-order chi connectivity index (χ1) is 13.1. The van der Waals surface area contributed by atoms with Crippen LogP contribution < -0.4 is 4.74 Å². The Bertz CT molecular complexity index is 793. The fourth-order valence-corrected chi connectivity index (χ4v) is 4.01. The van der Waals surface area contributed by atoms with E-state index < -0.39 is 17.8 Å². The van der Waals surface area contributed by atoms with Crippen LogP contribution in [0.2, 0.25) is 0 Å². The molecule has 0 spiro atoms. The Hall–Kier alpha value is -2.43. The van der Waals surface area contributed by atoms with Crippen molar-refractivity contribution in [3.63, 3.8) is 0 Å². The lowest BCUT2D eigenvalue weighted by atomic mass is 9.69. The third-order valence-corrected chi connectivity index (χ3v) is 5.12. The fraction of sp³-hybridized carbons (Fsp3) is 0.500.